The summed E-state index contributed by atoms with van der Waals surface area (Å²) >= 11 is 1.39. The SMILES string of the molecule is CC[C@@H](C)NC(=O)CSc1ccc(N2CCN(c3ccc(F)cc3)CC2)nn1. The summed E-state index contributed by atoms with van der Waals surface area (Å²) in [6.07, 6.45) is 0.916. The molecule has 1 amide bonds. The number of anilines is 2. The van der Waals surface area contributed by atoms with Gasteiger partial charge in [-0.2, -0.15) is 0 Å². The summed E-state index contributed by atoms with van der Waals surface area (Å²) < 4.78 is 13.1. The molecule has 150 valence electrons. The van der Waals surface area contributed by atoms with Gasteiger partial charge < -0.3 is 15.1 Å². The van der Waals surface area contributed by atoms with Crippen LogP contribution in [0.25, 0.3) is 0 Å². The lowest BCUT2D eigenvalue weighted by Gasteiger charge is -2.36. The first-order valence-corrected chi connectivity index (χ1v) is 10.5. The van der Waals surface area contributed by atoms with Gasteiger partial charge in [0.05, 0.1) is 5.75 Å². The number of thioether (sulfide) groups is 1. The number of amides is 1. The van der Waals surface area contributed by atoms with Crippen molar-refractivity contribution >= 4 is 29.2 Å². The third kappa shape index (κ3) is 5.58. The Morgan fingerprint density at radius 2 is 1.79 bits per heavy atom. The van der Waals surface area contributed by atoms with Crippen molar-refractivity contribution in [3.63, 3.8) is 0 Å². The Balaban J connectivity index is 1.48. The van der Waals surface area contributed by atoms with E-state index in [0.717, 1.165) is 49.1 Å². The zero-order valence-corrected chi connectivity index (χ0v) is 17.1. The second kappa shape index (κ2) is 9.73. The number of carbonyl (C=O) groups is 1. The van der Waals surface area contributed by atoms with E-state index in [1.807, 2.05) is 38.1 Å². The van der Waals surface area contributed by atoms with Crippen LogP contribution in [0.5, 0.6) is 0 Å². The van der Waals surface area contributed by atoms with Crippen molar-refractivity contribution in [2.75, 3.05) is 41.7 Å². The number of piperazine rings is 1. The zero-order chi connectivity index (χ0) is 19.9. The summed E-state index contributed by atoms with van der Waals surface area (Å²) in [6, 6.07) is 10.7. The summed E-state index contributed by atoms with van der Waals surface area (Å²) in [5.74, 6) is 0.983. The first-order valence-electron chi connectivity index (χ1n) is 9.56. The highest BCUT2D eigenvalue weighted by Crippen LogP contribution is 2.21. The molecule has 1 aromatic heterocycles. The molecule has 1 atom stereocenters. The number of nitrogens with zero attached hydrogens (tertiary/aromatic N) is 4. The van der Waals surface area contributed by atoms with Crippen LogP contribution >= 0.6 is 11.8 Å². The smallest absolute Gasteiger partial charge is 0.230 e. The molecule has 0 saturated carbocycles. The van der Waals surface area contributed by atoms with E-state index in [-0.39, 0.29) is 17.8 Å². The largest absolute Gasteiger partial charge is 0.368 e. The summed E-state index contributed by atoms with van der Waals surface area (Å²) in [5.41, 5.74) is 1.04. The highest BCUT2D eigenvalue weighted by atomic mass is 32.2. The van der Waals surface area contributed by atoms with E-state index >= 15 is 0 Å². The Kier molecular flexibility index (Phi) is 7.08. The monoisotopic (exact) mass is 403 g/mol. The van der Waals surface area contributed by atoms with Gasteiger partial charge in [-0.05, 0) is 49.7 Å². The van der Waals surface area contributed by atoms with Crippen molar-refractivity contribution < 1.29 is 9.18 Å². The molecular weight excluding hydrogens is 377 g/mol. The van der Waals surface area contributed by atoms with Crippen LogP contribution in [-0.2, 0) is 4.79 Å². The molecule has 3 rings (SSSR count). The van der Waals surface area contributed by atoms with Crippen LogP contribution in [0.4, 0.5) is 15.9 Å². The molecule has 2 heterocycles. The van der Waals surface area contributed by atoms with Gasteiger partial charge >= 0.3 is 0 Å². The van der Waals surface area contributed by atoms with Gasteiger partial charge in [0.25, 0.3) is 0 Å². The first kappa shape index (κ1) is 20.4. The molecule has 0 spiro atoms. The van der Waals surface area contributed by atoms with Gasteiger partial charge in [-0.1, -0.05) is 18.7 Å². The number of rotatable bonds is 7. The van der Waals surface area contributed by atoms with Crippen LogP contribution in [0, 0.1) is 5.82 Å². The molecule has 8 heteroatoms. The van der Waals surface area contributed by atoms with Crippen molar-refractivity contribution in [1.29, 1.82) is 0 Å². The normalized spacial score (nSPS) is 15.4. The predicted octanol–water partition coefficient (Wildman–Crippen LogP) is 2.95. The Labute approximate surface area is 169 Å². The highest BCUT2D eigenvalue weighted by molar-refractivity contribution is 7.99. The predicted molar refractivity (Wildman–Crippen MR) is 111 cm³/mol. The second-order valence-electron chi connectivity index (χ2n) is 6.85. The fourth-order valence-electron chi connectivity index (χ4n) is 2.96. The molecule has 1 aliphatic rings. The zero-order valence-electron chi connectivity index (χ0n) is 16.3. The number of hydrogen-bond acceptors (Lipinski definition) is 6. The lowest BCUT2D eigenvalue weighted by molar-refractivity contribution is -0.119. The average molecular weight is 404 g/mol. The van der Waals surface area contributed by atoms with Crippen molar-refractivity contribution in [3.8, 4) is 0 Å². The number of aromatic nitrogens is 2. The van der Waals surface area contributed by atoms with E-state index in [9.17, 15) is 9.18 Å². The quantitative estimate of drug-likeness (QED) is 0.718. The highest BCUT2D eigenvalue weighted by Gasteiger charge is 2.19. The summed E-state index contributed by atoms with van der Waals surface area (Å²) in [6.45, 7) is 7.39. The molecule has 2 aromatic rings. The molecule has 0 aliphatic carbocycles. The van der Waals surface area contributed by atoms with E-state index in [4.69, 9.17) is 0 Å². The van der Waals surface area contributed by atoms with Gasteiger partial charge in [0.15, 0.2) is 5.82 Å². The summed E-state index contributed by atoms with van der Waals surface area (Å²) in [7, 11) is 0. The molecule has 1 N–H and O–H groups in total. The van der Waals surface area contributed by atoms with Crippen LogP contribution in [0.15, 0.2) is 41.4 Å². The Hall–Kier alpha value is -2.35. The first-order chi connectivity index (χ1) is 13.5. The number of nitrogens with one attached hydrogen (secondary N) is 1. The molecular formula is C20H26FN5OS. The van der Waals surface area contributed by atoms with Crippen LogP contribution in [0.2, 0.25) is 0 Å². The maximum absolute atomic E-state index is 13.1. The van der Waals surface area contributed by atoms with Crippen LogP contribution in [0.1, 0.15) is 20.3 Å². The van der Waals surface area contributed by atoms with E-state index in [2.05, 4.69) is 25.3 Å². The molecule has 0 radical (unpaired) electrons. The maximum atomic E-state index is 13.1. The molecule has 1 saturated heterocycles. The molecule has 28 heavy (non-hydrogen) atoms. The fraction of sp³-hybridized carbons (Fsp3) is 0.450. The van der Waals surface area contributed by atoms with E-state index in [0.29, 0.717) is 5.75 Å². The third-order valence-electron chi connectivity index (χ3n) is 4.79. The molecule has 0 bridgehead atoms. The molecule has 1 aliphatic heterocycles. The van der Waals surface area contributed by atoms with Crippen LogP contribution in [0.3, 0.4) is 0 Å². The third-order valence-corrected chi connectivity index (χ3v) is 5.71. The molecule has 1 aromatic carbocycles. The minimum atomic E-state index is -0.215. The Morgan fingerprint density at radius 1 is 1.11 bits per heavy atom. The van der Waals surface area contributed by atoms with Gasteiger partial charge in [-0.25, -0.2) is 4.39 Å². The minimum absolute atomic E-state index is 0.0159. The van der Waals surface area contributed by atoms with E-state index in [1.165, 1.54) is 23.9 Å². The fourth-order valence-corrected chi connectivity index (χ4v) is 3.59. The van der Waals surface area contributed by atoms with Crippen LogP contribution < -0.4 is 15.1 Å². The summed E-state index contributed by atoms with van der Waals surface area (Å²) in [4.78, 5) is 16.3. The average Bonchev–Trinajstić information content (AvgIpc) is 2.73. The Morgan fingerprint density at radius 3 is 2.39 bits per heavy atom. The van der Waals surface area contributed by atoms with Gasteiger partial charge in [0.2, 0.25) is 5.91 Å². The number of benzene rings is 1. The molecule has 1 fully saturated rings. The topological polar surface area (TPSA) is 61.4 Å². The number of carbonyl (C=O) groups excluding carboxylic acids is 1. The number of halogens is 1. The van der Waals surface area contributed by atoms with Gasteiger partial charge in [-0.3, -0.25) is 4.79 Å². The van der Waals surface area contributed by atoms with E-state index in [1.54, 1.807) is 0 Å². The van der Waals surface area contributed by atoms with Crippen molar-refractivity contribution in [2.24, 2.45) is 0 Å². The minimum Gasteiger partial charge on any atom is -0.368 e. The molecule has 6 nitrogen and oxygen atoms in total. The van der Waals surface area contributed by atoms with E-state index < -0.39 is 0 Å². The lowest BCUT2D eigenvalue weighted by atomic mass is 10.2. The maximum Gasteiger partial charge on any atom is 0.230 e. The molecule has 0 unspecified atom stereocenters. The standard InChI is InChI=1S/C20H26FN5OS/c1-3-15(2)22-19(27)14-28-20-9-8-18(23-24-20)26-12-10-25(11-13-26)17-6-4-16(21)5-7-17/h4-9,15H,3,10-14H2,1-2H3,(H,22,27)/t15-/m1/s1. The van der Waals surface area contributed by atoms with Gasteiger partial charge in [0, 0.05) is 37.9 Å². The van der Waals surface area contributed by atoms with Gasteiger partial charge in [-0.15, -0.1) is 10.2 Å². The van der Waals surface area contributed by atoms with Crippen molar-refractivity contribution in [3.05, 3.63) is 42.2 Å². The second-order valence-corrected chi connectivity index (χ2v) is 7.84. The van der Waals surface area contributed by atoms with Crippen molar-refractivity contribution in [1.82, 2.24) is 15.5 Å². The van der Waals surface area contributed by atoms with Gasteiger partial charge in [0.1, 0.15) is 10.8 Å². The summed E-state index contributed by atoms with van der Waals surface area (Å²) in [5, 5.41) is 12.3. The Bertz CT molecular complexity index is 763. The lowest BCUT2D eigenvalue weighted by Crippen LogP contribution is -2.46. The number of hydrogen-bond donors (Lipinski definition) is 1. The van der Waals surface area contributed by atoms with Crippen LogP contribution in [-0.4, -0.2) is 54.1 Å². The van der Waals surface area contributed by atoms with Crippen molar-refractivity contribution in [2.45, 2.75) is 31.3 Å².